The van der Waals surface area contributed by atoms with Crippen LogP contribution in [-0.2, 0) is 0 Å². The van der Waals surface area contributed by atoms with Crippen molar-refractivity contribution in [2.75, 3.05) is 41.3 Å². The Morgan fingerprint density at radius 2 is 1.82 bits per heavy atom. The fraction of sp³-hybridized carbons (Fsp3) is 0.250. The summed E-state index contributed by atoms with van der Waals surface area (Å²) < 4.78 is 0.862. The Labute approximate surface area is 204 Å². The normalized spacial score (nSPS) is 14.0. The molecule has 5 rings (SSSR count). The Bertz CT molecular complexity index is 1320. The summed E-state index contributed by atoms with van der Waals surface area (Å²) in [5.74, 6) is 1.76. The first kappa shape index (κ1) is 21.8. The van der Waals surface area contributed by atoms with Crippen LogP contribution in [0.4, 0.5) is 17.3 Å². The fourth-order valence-corrected chi connectivity index (χ4v) is 5.73. The first-order valence-corrected chi connectivity index (χ1v) is 12.3. The zero-order valence-corrected chi connectivity index (χ0v) is 20.8. The number of aromatic nitrogens is 3. The Morgan fingerprint density at radius 1 is 1.03 bits per heavy atom. The molecule has 0 saturated carbocycles. The molecule has 7 nitrogen and oxygen atoms in total. The van der Waals surface area contributed by atoms with Gasteiger partial charge >= 0.3 is 0 Å². The highest BCUT2D eigenvalue weighted by Crippen LogP contribution is 2.36. The average Bonchev–Trinajstić information content (AvgIpc) is 3.18. The molecule has 9 heteroatoms. The molecule has 0 spiro atoms. The van der Waals surface area contributed by atoms with Gasteiger partial charge in [0, 0.05) is 36.8 Å². The molecular formula is C24H23BrN6OS. The molecule has 3 aromatic heterocycles. The van der Waals surface area contributed by atoms with Gasteiger partial charge in [-0.1, -0.05) is 12.1 Å². The molecule has 1 amide bonds. The second-order valence-corrected chi connectivity index (χ2v) is 9.89. The molecule has 1 N–H and O–H groups in total. The summed E-state index contributed by atoms with van der Waals surface area (Å²) >= 11 is 4.95. The summed E-state index contributed by atoms with van der Waals surface area (Å²) in [6, 6.07) is 11.9. The number of fused-ring (bicyclic) bond motifs is 1. The maximum Gasteiger partial charge on any atom is 0.266 e. The number of nitrogens with zero attached hydrogens (tertiary/aromatic N) is 5. The number of nitrogens with one attached hydrogen (secondary N) is 1. The van der Waals surface area contributed by atoms with E-state index in [-0.39, 0.29) is 5.91 Å². The Morgan fingerprint density at radius 3 is 2.55 bits per heavy atom. The van der Waals surface area contributed by atoms with E-state index < -0.39 is 0 Å². The first-order chi connectivity index (χ1) is 16.0. The van der Waals surface area contributed by atoms with E-state index in [2.05, 4.69) is 46.0 Å². The third-order valence-electron chi connectivity index (χ3n) is 5.84. The van der Waals surface area contributed by atoms with Crippen molar-refractivity contribution in [2.24, 2.45) is 0 Å². The van der Waals surface area contributed by atoms with Crippen molar-refractivity contribution >= 4 is 60.7 Å². The minimum Gasteiger partial charge on any atom is -0.353 e. The van der Waals surface area contributed by atoms with Crippen molar-refractivity contribution in [3.8, 4) is 0 Å². The van der Waals surface area contributed by atoms with Crippen molar-refractivity contribution in [3.05, 3.63) is 69.4 Å². The first-order valence-electron chi connectivity index (χ1n) is 10.7. The number of anilines is 3. The molecule has 168 valence electrons. The smallest absolute Gasteiger partial charge is 0.266 e. The Balaban J connectivity index is 1.40. The summed E-state index contributed by atoms with van der Waals surface area (Å²) in [5.41, 5.74) is 2.79. The molecule has 4 heterocycles. The van der Waals surface area contributed by atoms with Gasteiger partial charge < -0.3 is 15.1 Å². The fourth-order valence-electron chi connectivity index (χ4n) is 4.10. The second-order valence-electron chi connectivity index (χ2n) is 8.03. The number of hydrogen-bond acceptors (Lipinski definition) is 7. The van der Waals surface area contributed by atoms with Crippen LogP contribution in [0.5, 0.6) is 0 Å². The number of pyridine rings is 1. The van der Waals surface area contributed by atoms with E-state index in [9.17, 15) is 4.79 Å². The van der Waals surface area contributed by atoms with E-state index in [1.54, 1.807) is 6.33 Å². The molecule has 33 heavy (non-hydrogen) atoms. The van der Waals surface area contributed by atoms with E-state index in [1.807, 2.05) is 56.4 Å². The molecule has 1 aliphatic heterocycles. The van der Waals surface area contributed by atoms with E-state index in [1.165, 1.54) is 11.3 Å². The third-order valence-corrected chi connectivity index (χ3v) is 7.69. The highest BCUT2D eigenvalue weighted by molar-refractivity contribution is 9.10. The lowest BCUT2D eigenvalue weighted by Gasteiger charge is -2.36. The number of carbonyl (C=O) groups excluding carboxylic acids is 1. The van der Waals surface area contributed by atoms with Crippen LogP contribution in [0.3, 0.4) is 0 Å². The van der Waals surface area contributed by atoms with Gasteiger partial charge in [0.1, 0.15) is 22.8 Å². The molecule has 0 unspecified atom stereocenters. The van der Waals surface area contributed by atoms with E-state index in [4.69, 9.17) is 0 Å². The third kappa shape index (κ3) is 4.30. The van der Waals surface area contributed by atoms with Crippen LogP contribution in [0.15, 0.2) is 53.4 Å². The molecule has 0 bridgehead atoms. The highest BCUT2D eigenvalue weighted by Gasteiger charge is 2.25. The number of hydrogen-bond donors (Lipinski definition) is 1. The standard InChI is InChI=1S/C24H23BrN6OS/c1-15-6-7-18(17(25)13-15)29-23(32)21-16(2)20-22(27-14-28-24(20)33-21)31-11-9-30(10-12-31)19-5-3-4-8-26-19/h3-8,13-14H,9-12H2,1-2H3,(H,29,32). The van der Waals surface area contributed by atoms with Crippen LogP contribution in [0, 0.1) is 13.8 Å². The molecule has 1 aromatic carbocycles. The predicted molar refractivity (Wildman–Crippen MR) is 138 cm³/mol. The lowest BCUT2D eigenvalue weighted by Crippen LogP contribution is -2.47. The monoisotopic (exact) mass is 522 g/mol. The minimum absolute atomic E-state index is 0.133. The topological polar surface area (TPSA) is 74.2 Å². The summed E-state index contributed by atoms with van der Waals surface area (Å²) in [5, 5.41) is 3.99. The SMILES string of the molecule is Cc1ccc(NC(=O)c2sc3ncnc(N4CCN(c5ccccn5)CC4)c3c2C)c(Br)c1. The van der Waals surface area contributed by atoms with Gasteiger partial charge in [0.25, 0.3) is 5.91 Å². The molecule has 0 aliphatic carbocycles. The van der Waals surface area contributed by atoms with Crippen molar-refractivity contribution in [3.63, 3.8) is 0 Å². The molecule has 0 radical (unpaired) electrons. The van der Waals surface area contributed by atoms with Gasteiger partial charge in [0.2, 0.25) is 0 Å². The van der Waals surface area contributed by atoms with Crippen LogP contribution < -0.4 is 15.1 Å². The van der Waals surface area contributed by atoms with E-state index in [0.29, 0.717) is 4.88 Å². The van der Waals surface area contributed by atoms with Crippen molar-refractivity contribution in [2.45, 2.75) is 13.8 Å². The molecular weight excluding hydrogens is 500 g/mol. The number of halogens is 1. The van der Waals surface area contributed by atoms with E-state index in [0.717, 1.165) is 69.3 Å². The van der Waals surface area contributed by atoms with Crippen LogP contribution in [-0.4, -0.2) is 47.0 Å². The van der Waals surface area contributed by atoms with Gasteiger partial charge in [-0.25, -0.2) is 15.0 Å². The number of piperazine rings is 1. The Hall–Kier alpha value is -3.04. The maximum atomic E-state index is 13.1. The van der Waals surface area contributed by atoms with Gasteiger partial charge in [0.05, 0.1) is 16.0 Å². The zero-order chi connectivity index (χ0) is 22.9. The van der Waals surface area contributed by atoms with Gasteiger partial charge in [-0.15, -0.1) is 11.3 Å². The lowest BCUT2D eigenvalue weighted by atomic mass is 10.1. The lowest BCUT2D eigenvalue weighted by molar-refractivity contribution is 0.103. The number of thiophene rings is 1. The minimum atomic E-state index is -0.133. The van der Waals surface area contributed by atoms with Crippen molar-refractivity contribution in [1.82, 2.24) is 15.0 Å². The molecule has 0 atom stereocenters. The average molecular weight is 523 g/mol. The van der Waals surface area contributed by atoms with Gasteiger partial charge in [0.15, 0.2) is 0 Å². The molecule has 1 fully saturated rings. The second kappa shape index (κ2) is 9.07. The van der Waals surface area contributed by atoms with Crippen LogP contribution in [0.25, 0.3) is 10.2 Å². The highest BCUT2D eigenvalue weighted by atomic mass is 79.9. The molecule has 1 saturated heterocycles. The largest absolute Gasteiger partial charge is 0.353 e. The summed E-state index contributed by atoms with van der Waals surface area (Å²) in [6.45, 7) is 7.38. The number of rotatable bonds is 4. The number of benzene rings is 1. The maximum absolute atomic E-state index is 13.1. The van der Waals surface area contributed by atoms with Gasteiger partial charge in [-0.3, -0.25) is 4.79 Å². The number of aryl methyl sites for hydroxylation is 2. The van der Waals surface area contributed by atoms with Crippen molar-refractivity contribution in [1.29, 1.82) is 0 Å². The number of amides is 1. The van der Waals surface area contributed by atoms with Gasteiger partial charge in [-0.05, 0) is 65.2 Å². The molecule has 4 aromatic rings. The molecule has 1 aliphatic rings. The van der Waals surface area contributed by atoms with Crippen LogP contribution >= 0.6 is 27.3 Å². The van der Waals surface area contributed by atoms with E-state index >= 15 is 0 Å². The van der Waals surface area contributed by atoms with Gasteiger partial charge in [-0.2, -0.15) is 0 Å². The van der Waals surface area contributed by atoms with Crippen LogP contribution in [0.2, 0.25) is 0 Å². The number of carbonyl (C=O) groups is 1. The quantitative estimate of drug-likeness (QED) is 0.404. The summed E-state index contributed by atoms with van der Waals surface area (Å²) in [4.78, 5) is 32.7. The summed E-state index contributed by atoms with van der Waals surface area (Å²) in [7, 11) is 0. The summed E-state index contributed by atoms with van der Waals surface area (Å²) in [6.07, 6.45) is 3.42. The zero-order valence-electron chi connectivity index (χ0n) is 18.4. The Kier molecular flexibility index (Phi) is 5.99. The predicted octanol–water partition coefficient (Wildman–Crippen LogP) is 5.04. The van der Waals surface area contributed by atoms with Crippen LogP contribution in [0.1, 0.15) is 20.8 Å². The van der Waals surface area contributed by atoms with Crippen molar-refractivity contribution < 1.29 is 4.79 Å².